The van der Waals surface area contributed by atoms with E-state index in [2.05, 4.69) is 0 Å². The number of hydrogen-bond donors (Lipinski definition) is 1. The maximum absolute atomic E-state index is 10.9. The lowest BCUT2D eigenvalue weighted by Crippen LogP contribution is -2.19. The molecule has 1 N–H and O–H groups in total. The molecule has 2 atom stereocenters. The Labute approximate surface area is 109 Å². The van der Waals surface area contributed by atoms with Crippen molar-refractivity contribution in [2.24, 2.45) is 5.92 Å². The quantitative estimate of drug-likeness (QED) is 0.667. The molecule has 1 heterocycles. The number of nitro groups is 1. The summed E-state index contributed by atoms with van der Waals surface area (Å²) in [6.45, 7) is 0. The van der Waals surface area contributed by atoms with Crippen LogP contribution in [0.15, 0.2) is 18.2 Å². The van der Waals surface area contributed by atoms with Gasteiger partial charge in [-0.15, -0.1) is 0 Å². The normalized spacial score (nSPS) is 23.0. The Balaban J connectivity index is 2.18. The van der Waals surface area contributed by atoms with E-state index < -0.39 is 4.92 Å². The molecule has 1 fully saturated rings. The van der Waals surface area contributed by atoms with E-state index in [9.17, 15) is 15.2 Å². The van der Waals surface area contributed by atoms with Crippen LogP contribution in [0.4, 0.5) is 5.69 Å². The number of ether oxygens (including phenoxy) is 1. The summed E-state index contributed by atoms with van der Waals surface area (Å²) < 4.78 is 4.96. The molecule has 1 aromatic carbocycles. The van der Waals surface area contributed by atoms with Crippen LogP contribution in [-0.2, 0) is 6.42 Å². The fourth-order valence-corrected chi connectivity index (χ4v) is 3.38. The molecule has 0 amide bonds. The minimum Gasteiger partial charge on any atom is -0.490 e. The number of aliphatic hydroxyl groups excluding tert-OH is 1. The maximum Gasteiger partial charge on any atom is 0.311 e. The van der Waals surface area contributed by atoms with Gasteiger partial charge in [-0.25, -0.2) is 0 Å². The smallest absolute Gasteiger partial charge is 0.311 e. The molecule has 5 nitrogen and oxygen atoms in total. The number of aliphatic hydroxyl groups is 1. The molecule has 2 rings (SSSR count). The van der Waals surface area contributed by atoms with Gasteiger partial charge in [0, 0.05) is 11.8 Å². The Bertz CT molecular complexity index is 452. The molecule has 0 aromatic heterocycles. The summed E-state index contributed by atoms with van der Waals surface area (Å²) in [5.74, 6) is 2.11. The molecule has 6 heteroatoms. The topological polar surface area (TPSA) is 72.6 Å². The third-order valence-electron chi connectivity index (χ3n) is 3.10. The van der Waals surface area contributed by atoms with Gasteiger partial charge >= 0.3 is 5.69 Å². The molecule has 0 spiro atoms. The molecule has 1 aliphatic rings. The van der Waals surface area contributed by atoms with Gasteiger partial charge in [0.15, 0.2) is 5.75 Å². The third-order valence-corrected chi connectivity index (χ3v) is 4.34. The molecule has 1 aliphatic heterocycles. The highest BCUT2D eigenvalue weighted by atomic mass is 32.2. The molecule has 98 valence electrons. The number of nitro benzene ring substituents is 1. The van der Waals surface area contributed by atoms with Crippen molar-refractivity contribution in [2.45, 2.75) is 12.5 Å². The SMILES string of the molecule is COc1ccc(CC2CSCC2O)cc1[N+](=O)[O-]. The standard InChI is InChI=1S/C12H15NO4S/c1-17-12-3-2-8(5-10(12)13(15)16)4-9-6-18-7-11(9)14/h2-3,5,9,11,14H,4,6-7H2,1H3. The van der Waals surface area contributed by atoms with E-state index in [0.29, 0.717) is 6.42 Å². The van der Waals surface area contributed by atoms with E-state index >= 15 is 0 Å². The van der Waals surface area contributed by atoms with Crippen LogP contribution in [0.3, 0.4) is 0 Å². The van der Waals surface area contributed by atoms with Crippen LogP contribution < -0.4 is 4.74 Å². The Hall–Kier alpha value is -1.27. The van der Waals surface area contributed by atoms with Crippen LogP contribution in [0.2, 0.25) is 0 Å². The minimum atomic E-state index is -0.442. The predicted molar refractivity (Wildman–Crippen MR) is 70.2 cm³/mol. The first-order chi connectivity index (χ1) is 8.61. The molecule has 0 aliphatic carbocycles. The second-order valence-corrected chi connectivity index (χ2v) is 5.41. The third kappa shape index (κ3) is 2.76. The average molecular weight is 269 g/mol. The minimum absolute atomic E-state index is 0.0184. The molecular formula is C12H15NO4S. The Morgan fingerprint density at radius 2 is 2.33 bits per heavy atom. The Morgan fingerprint density at radius 3 is 2.89 bits per heavy atom. The van der Waals surface area contributed by atoms with Gasteiger partial charge in [0.2, 0.25) is 0 Å². The number of hydrogen-bond acceptors (Lipinski definition) is 5. The fourth-order valence-electron chi connectivity index (χ4n) is 2.09. The van der Waals surface area contributed by atoms with Gasteiger partial charge in [-0.1, -0.05) is 6.07 Å². The highest BCUT2D eigenvalue weighted by molar-refractivity contribution is 7.99. The van der Waals surface area contributed by atoms with Gasteiger partial charge < -0.3 is 9.84 Å². The van der Waals surface area contributed by atoms with Crippen molar-refractivity contribution in [2.75, 3.05) is 18.6 Å². The summed E-state index contributed by atoms with van der Waals surface area (Å²) in [7, 11) is 1.42. The summed E-state index contributed by atoms with van der Waals surface area (Å²) in [6, 6.07) is 4.97. The van der Waals surface area contributed by atoms with E-state index in [1.807, 2.05) is 6.07 Å². The zero-order valence-corrected chi connectivity index (χ0v) is 10.9. The van der Waals surface area contributed by atoms with Crippen LogP contribution in [-0.4, -0.2) is 34.7 Å². The van der Waals surface area contributed by atoms with Crippen molar-refractivity contribution in [3.63, 3.8) is 0 Å². The van der Waals surface area contributed by atoms with Gasteiger partial charge in [0.05, 0.1) is 18.1 Å². The number of rotatable bonds is 4. The lowest BCUT2D eigenvalue weighted by molar-refractivity contribution is -0.385. The number of methoxy groups -OCH3 is 1. The van der Waals surface area contributed by atoms with Gasteiger partial charge in [-0.05, 0) is 29.7 Å². The first-order valence-electron chi connectivity index (χ1n) is 5.69. The molecule has 1 saturated heterocycles. The van der Waals surface area contributed by atoms with E-state index in [4.69, 9.17) is 4.74 Å². The van der Waals surface area contributed by atoms with Crippen molar-refractivity contribution in [3.8, 4) is 5.75 Å². The molecule has 0 bridgehead atoms. The molecule has 0 saturated carbocycles. The van der Waals surface area contributed by atoms with Crippen LogP contribution in [0.25, 0.3) is 0 Å². The van der Waals surface area contributed by atoms with Gasteiger partial charge in [0.25, 0.3) is 0 Å². The van der Waals surface area contributed by atoms with E-state index in [1.165, 1.54) is 13.2 Å². The second kappa shape index (κ2) is 5.58. The second-order valence-electron chi connectivity index (χ2n) is 4.33. The zero-order chi connectivity index (χ0) is 13.1. The Morgan fingerprint density at radius 1 is 1.56 bits per heavy atom. The van der Waals surface area contributed by atoms with Crippen molar-refractivity contribution >= 4 is 17.4 Å². The summed E-state index contributed by atoms with van der Waals surface area (Å²) >= 11 is 1.72. The van der Waals surface area contributed by atoms with Crippen molar-refractivity contribution in [3.05, 3.63) is 33.9 Å². The van der Waals surface area contributed by atoms with E-state index in [0.717, 1.165) is 17.1 Å². The number of thioether (sulfide) groups is 1. The highest BCUT2D eigenvalue weighted by Crippen LogP contribution is 2.31. The molecule has 0 radical (unpaired) electrons. The molecular weight excluding hydrogens is 254 g/mol. The summed E-state index contributed by atoms with van der Waals surface area (Å²) in [4.78, 5) is 10.5. The first kappa shape index (κ1) is 13.2. The zero-order valence-electron chi connectivity index (χ0n) is 10.0. The number of benzene rings is 1. The van der Waals surface area contributed by atoms with E-state index in [-0.39, 0.29) is 23.5 Å². The van der Waals surface area contributed by atoms with Crippen molar-refractivity contribution in [1.29, 1.82) is 0 Å². The van der Waals surface area contributed by atoms with Crippen LogP contribution >= 0.6 is 11.8 Å². The lowest BCUT2D eigenvalue weighted by atomic mass is 9.96. The first-order valence-corrected chi connectivity index (χ1v) is 6.84. The lowest BCUT2D eigenvalue weighted by Gasteiger charge is -2.13. The average Bonchev–Trinajstić information content (AvgIpc) is 2.75. The predicted octanol–water partition coefficient (Wildman–Crippen LogP) is 1.87. The Kier molecular flexibility index (Phi) is 4.08. The molecule has 18 heavy (non-hydrogen) atoms. The summed E-state index contributed by atoms with van der Waals surface area (Å²) in [5.41, 5.74) is 0.851. The van der Waals surface area contributed by atoms with E-state index in [1.54, 1.807) is 17.8 Å². The number of nitrogens with zero attached hydrogens (tertiary/aromatic N) is 1. The van der Waals surface area contributed by atoms with Crippen molar-refractivity contribution < 1.29 is 14.8 Å². The fraction of sp³-hybridized carbons (Fsp3) is 0.500. The van der Waals surface area contributed by atoms with Crippen molar-refractivity contribution in [1.82, 2.24) is 0 Å². The highest BCUT2D eigenvalue weighted by Gasteiger charge is 2.26. The maximum atomic E-state index is 10.9. The van der Waals surface area contributed by atoms with Crippen LogP contribution in [0.1, 0.15) is 5.56 Å². The summed E-state index contributed by atoms with van der Waals surface area (Å²) in [6.07, 6.45) is 0.357. The van der Waals surface area contributed by atoms with Crippen LogP contribution in [0.5, 0.6) is 5.75 Å². The summed E-state index contributed by atoms with van der Waals surface area (Å²) in [5, 5.41) is 20.7. The molecule has 2 unspecified atom stereocenters. The molecule has 1 aromatic rings. The monoisotopic (exact) mass is 269 g/mol. The largest absolute Gasteiger partial charge is 0.490 e. The van der Waals surface area contributed by atoms with Gasteiger partial charge in [-0.2, -0.15) is 11.8 Å². The van der Waals surface area contributed by atoms with Gasteiger partial charge in [0.1, 0.15) is 0 Å². The van der Waals surface area contributed by atoms with Gasteiger partial charge in [-0.3, -0.25) is 10.1 Å². The van der Waals surface area contributed by atoms with Crippen LogP contribution in [0, 0.1) is 16.0 Å².